The molecule has 1 heterocycles. The number of fused-ring (bicyclic) bond motifs is 1. The highest BCUT2D eigenvalue weighted by molar-refractivity contribution is 5.93. The number of hydrogen-bond acceptors (Lipinski definition) is 3. The summed E-state index contributed by atoms with van der Waals surface area (Å²) in [7, 11) is 0. The lowest BCUT2D eigenvalue weighted by atomic mass is 10.1. The average Bonchev–Trinajstić information content (AvgIpc) is 2.75. The number of aromatic amines is 1. The van der Waals surface area contributed by atoms with E-state index in [1.807, 2.05) is 25.1 Å². The molecule has 17 heavy (non-hydrogen) atoms. The Morgan fingerprint density at radius 2 is 2.41 bits per heavy atom. The van der Waals surface area contributed by atoms with Gasteiger partial charge in [0.1, 0.15) is 0 Å². The number of nitrogens with two attached hydrogens (primary N) is 1. The number of rotatable bonds is 4. The summed E-state index contributed by atoms with van der Waals surface area (Å²) >= 11 is 0. The molecule has 0 saturated heterocycles. The maximum absolute atomic E-state index is 11.7. The average molecular weight is 232 g/mol. The summed E-state index contributed by atoms with van der Waals surface area (Å²) in [5.74, 6) is 0.188. The van der Waals surface area contributed by atoms with E-state index >= 15 is 0 Å². The fraction of sp³-hybridized carbons (Fsp3) is 0.333. The van der Waals surface area contributed by atoms with Gasteiger partial charge >= 0.3 is 0 Å². The Morgan fingerprint density at radius 1 is 1.59 bits per heavy atom. The Hall–Kier alpha value is -1.88. The van der Waals surface area contributed by atoms with Crippen LogP contribution in [0.1, 0.15) is 13.3 Å². The second-order valence-electron chi connectivity index (χ2n) is 4.23. The molecule has 90 valence electrons. The van der Waals surface area contributed by atoms with Crippen LogP contribution in [0.25, 0.3) is 11.0 Å². The summed E-state index contributed by atoms with van der Waals surface area (Å²) in [5, 5.41) is 2.85. The monoisotopic (exact) mass is 232 g/mol. The van der Waals surface area contributed by atoms with Crippen molar-refractivity contribution in [3.63, 3.8) is 0 Å². The molecule has 1 unspecified atom stereocenters. The van der Waals surface area contributed by atoms with Crippen LogP contribution >= 0.6 is 0 Å². The van der Waals surface area contributed by atoms with E-state index < -0.39 is 0 Å². The summed E-state index contributed by atoms with van der Waals surface area (Å²) < 4.78 is 0. The number of carbonyl (C=O) groups is 1. The summed E-state index contributed by atoms with van der Waals surface area (Å²) in [6, 6.07) is 5.58. The molecule has 1 atom stereocenters. The molecule has 2 rings (SSSR count). The molecule has 5 heteroatoms. The minimum absolute atomic E-state index is 0.0122. The Bertz CT molecular complexity index is 520. The fourth-order valence-electron chi connectivity index (χ4n) is 1.63. The maximum Gasteiger partial charge on any atom is 0.224 e. The number of benzene rings is 1. The van der Waals surface area contributed by atoms with E-state index in [2.05, 4.69) is 15.3 Å². The van der Waals surface area contributed by atoms with Crippen molar-refractivity contribution in [2.24, 2.45) is 11.7 Å². The normalized spacial score (nSPS) is 12.6. The molecule has 5 nitrogen and oxygen atoms in total. The van der Waals surface area contributed by atoms with Gasteiger partial charge in [-0.3, -0.25) is 4.79 Å². The lowest BCUT2D eigenvalue weighted by Crippen LogP contribution is -2.20. The van der Waals surface area contributed by atoms with Crippen LogP contribution < -0.4 is 11.1 Å². The standard InChI is InChI=1S/C12H16N4O/c1-8(6-13)4-12(17)16-9-2-3-10-11(5-9)15-7-14-10/h2-3,5,7-8H,4,6,13H2,1H3,(H,14,15)(H,16,17). The third kappa shape index (κ3) is 2.82. The highest BCUT2D eigenvalue weighted by atomic mass is 16.1. The quantitative estimate of drug-likeness (QED) is 0.746. The van der Waals surface area contributed by atoms with Gasteiger partial charge < -0.3 is 16.0 Å². The van der Waals surface area contributed by atoms with Crippen LogP contribution in [0.2, 0.25) is 0 Å². The van der Waals surface area contributed by atoms with E-state index in [-0.39, 0.29) is 11.8 Å². The first-order chi connectivity index (χ1) is 8.19. The van der Waals surface area contributed by atoms with Gasteiger partial charge in [-0.2, -0.15) is 0 Å². The summed E-state index contributed by atoms with van der Waals surface area (Å²) in [4.78, 5) is 18.8. The Kier molecular flexibility index (Phi) is 3.39. The second kappa shape index (κ2) is 4.97. The fourth-order valence-corrected chi connectivity index (χ4v) is 1.63. The SMILES string of the molecule is CC(CN)CC(=O)Nc1ccc2nc[nH]c2c1. The van der Waals surface area contributed by atoms with Crippen LogP contribution in [0.3, 0.4) is 0 Å². The minimum atomic E-state index is -0.0122. The number of amides is 1. The van der Waals surface area contributed by atoms with Crippen molar-refractivity contribution in [3.8, 4) is 0 Å². The van der Waals surface area contributed by atoms with Crippen molar-refractivity contribution < 1.29 is 4.79 Å². The molecule has 4 N–H and O–H groups in total. The highest BCUT2D eigenvalue weighted by Crippen LogP contribution is 2.16. The van der Waals surface area contributed by atoms with Crippen LogP contribution in [0.15, 0.2) is 24.5 Å². The third-order valence-electron chi connectivity index (χ3n) is 2.64. The zero-order valence-electron chi connectivity index (χ0n) is 9.73. The van der Waals surface area contributed by atoms with Gasteiger partial charge in [0.05, 0.1) is 17.4 Å². The number of nitrogens with zero attached hydrogens (tertiary/aromatic N) is 1. The molecular weight excluding hydrogens is 216 g/mol. The van der Waals surface area contributed by atoms with Crippen molar-refractivity contribution in [3.05, 3.63) is 24.5 Å². The molecule has 0 aliphatic heterocycles. The van der Waals surface area contributed by atoms with E-state index in [1.165, 1.54) is 0 Å². The first-order valence-electron chi connectivity index (χ1n) is 5.62. The molecule has 0 aliphatic rings. The lowest BCUT2D eigenvalue weighted by molar-refractivity contribution is -0.116. The third-order valence-corrected chi connectivity index (χ3v) is 2.64. The summed E-state index contributed by atoms with van der Waals surface area (Å²) in [5.41, 5.74) is 8.05. The molecule has 0 bridgehead atoms. The number of imidazole rings is 1. The number of H-pyrrole nitrogens is 1. The molecule has 1 aromatic heterocycles. The van der Waals surface area contributed by atoms with Gasteiger partial charge in [0.15, 0.2) is 0 Å². The first kappa shape index (κ1) is 11.6. The molecule has 0 radical (unpaired) electrons. The van der Waals surface area contributed by atoms with Crippen molar-refractivity contribution in [1.82, 2.24) is 9.97 Å². The van der Waals surface area contributed by atoms with E-state index in [9.17, 15) is 4.79 Å². The number of anilines is 1. The predicted octanol–water partition coefficient (Wildman–Crippen LogP) is 1.49. The van der Waals surface area contributed by atoms with Crippen molar-refractivity contribution in [2.75, 3.05) is 11.9 Å². The van der Waals surface area contributed by atoms with E-state index in [0.717, 1.165) is 16.7 Å². The maximum atomic E-state index is 11.7. The van der Waals surface area contributed by atoms with Crippen molar-refractivity contribution in [2.45, 2.75) is 13.3 Å². The van der Waals surface area contributed by atoms with Crippen molar-refractivity contribution >= 4 is 22.6 Å². The Morgan fingerprint density at radius 3 is 3.18 bits per heavy atom. The first-order valence-corrected chi connectivity index (χ1v) is 5.62. The van der Waals surface area contributed by atoms with Crippen LogP contribution in [0, 0.1) is 5.92 Å². The van der Waals surface area contributed by atoms with Crippen LogP contribution in [-0.2, 0) is 4.79 Å². The van der Waals surface area contributed by atoms with Gasteiger partial charge in [-0.1, -0.05) is 6.92 Å². The molecule has 0 saturated carbocycles. The minimum Gasteiger partial charge on any atom is -0.345 e. The number of carbonyl (C=O) groups excluding carboxylic acids is 1. The molecular formula is C12H16N4O. The zero-order chi connectivity index (χ0) is 12.3. The molecule has 1 amide bonds. The van der Waals surface area contributed by atoms with Gasteiger partial charge in [0, 0.05) is 12.1 Å². The van der Waals surface area contributed by atoms with Gasteiger partial charge in [-0.05, 0) is 30.7 Å². The predicted molar refractivity (Wildman–Crippen MR) is 67.6 cm³/mol. The van der Waals surface area contributed by atoms with Gasteiger partial charge in [0.2, 0.25) is 5.91 Å². The molecule has 1 aromatic carbocycles. The van der Waals surface area contributed by atoms with Gasteiger partial charge in [-0.25, -0.2) is 4.98 Å². The van der Waals surface area contributed by atoms with Crippen molar-refractivity contribution in [1.29, 1.82) is 0 Å². The second-order valence-corrected chi connectivity index (χ2v) is 4.23. The van der Waals surface area contributed by atoms with Gasteiger partial charge in [-0.15, -0.1) is 0 Å². The molecule has 0 fully saturated rings. The number of hydrogen-bond donors (Lipinski definition) is 3. The zero-order valence-corrected chi connectivity index (χ0v) is 9.73. The Balaban J connectivity index is 2.05. The molecule has 0 aliphatic carbocycles. The van der Waals surface area contributed by atoms with Gasteiger partial charge in [0.25, 0.3) is 0 Å². The largest absolute Gasteiger partial charge is 0.345 e. The summed E-state index contributed by atoms with van der Waals surface area (Å²) in [6.45, 7) is 2.48. The van der Waals surface area contributed by atoms with Crippen LogP contribution in [0.5, 0.6) is 0 Å². The number of aromatic nitrogens is 2. The highest BCUT2D eigenvalue weighted by Gasteiger charge is 2.08. The lowest BCUT2D eigenvalue weighted by Gasteiger charge is -2.09. The molecule has 0 spiro atoms. The van der Waals surface area contributed by atoms with E-state index in [1.54, 1.807) is 6.33 Å². The number of nitrogens with one attached hydrogen (secondary N) is 2. The Labute approximate surface area is 99.4 Å². The van der Waals surface area contributed by atoms with E-state index in [0.29, 0.717) is 13.0 Å². The van der Waals surface area contributed by atoms with Crippen LogP contribution in [0.4, 0.5) is 5.69 Å². The smallest absolute Gasteiger partial charge is 0.224 e. The summed E-state index contributed by atoms with van der Waals surface area (Å²) in [6.07, 6.45) is 2.07. The molecule has 2 aromatic rings. The van der Waals surface area contributed by atoms with Crippen LogP contribution in [-0.4, -0.2) is 22.4 Å². The topological polar surface area (TPSA) is 83.8 Å². The van der Waals surface area contributed by atoms with E-state index in [4.69, 9.17) is 5.73 Å².